The molecule has 1 aliphatic rings. The Kier molecular flexibility index (Phi) is 8.15. The van der Waals surface area contributed by atoms with Gasteiger partial charge < -0.3 is 10.1 Å². The first-order valence-corrected chi connectivity index (χ1v) is 12.9. The summed E-state index contributed by atoms with van der Waals surface area (Å²) in [6.45, 7) is 5.67. The van der Waals surface area contributed by atoms with Crippen molar-refractivity contribution in [1.29, 1.82) is 0 Å². The van der Waals surface area contributed by atoms with Crippen molar-refractivity contribution in [1.82, 2.24) is 10.2 Å². The van der Waals surface area contributed by atoms with E-state index in [9.17, 15) is 13.2 Å². The molecule has 0 spiro atoms. The zero-order valence-electron chi connectivity index (χ0n) is 19.1. The van der Waals surface area contributed by atoms with Gasteiger partial charge in [0.2, 0.25) is 10.0 Å². The first-order chi connectivity index (χ1) is 15.3. The lowest BCUT2D eigenvalue weighted by Gasteiger charge is -2.19. The van der Waals surface area contributed by atoms with Gasteiger partial charge in [-0.2, -0.15) is 0 Å². The Balaban J connectivity index is 1.51. The molecule has 8 heteroatoms. The zero-order valence-corrected chi connectivity index (χ0v) is 19.9. The number of rotatable bonds is 10. The molecule has 1 unspecified atom stereocenters. The van der Waals surface area contributed by atoms with Crippen LogP contribution in [-0.2, 0) is 27.9 Å². The summed E-state index contributed by atoms with van der Waals surface area (Å²) >= 11 is 0. The number of ether oxygens (including phenoxy) is 1. The van der Waals surface area contributed by atoms with Crippen LogP contribution in [0, 0.1) is 0 Å². The number of likely N-dealkylation sites (tertiary alicyclic amines) is 1. The molecule has 1 amide bonds. The van der Waals surface area contributed by atoms with Crippen LogP contribution in [-0.4, -0.2) is 51.7 Å². The van der Waals surface area contributed by atoms with E-state index in [1.165, 1.54) is 42.8 Å². The fourth-order valence-corrected chi connectivity index (χ4v) is 4.18. The first kappa shape index (κ1) is 24.1. The number of nitrogens with zero attached hydrogens (tertiary/aromatic N) is 2. The fourth-order valence-electron chi connectivity index (χ4n) is 3.68. The van der Waals surface area contributed by atoms with Gasteiger partial charge in [-0.05, 0) is 67.7 Å². The minimum atomic E-state index is -3.33. The van der Waals surface area contributed by atoms with Gasteiger partial charge in [0, 0.05) is 20.1 Å². The van der Waals surface area contributed by atoms with Gasteiger partial charge in [0.05, 0.1) is 11.9 Å². The Morgan fingerprint density at radius 1 is 1.06 bits per heavy atom. The van der Waals surface area contributed by atoms with E-state index in [-0.39, 0.29) is 5.91 Å². The second kappa shape index (κ2) is 10.8. The number of carbonyl (C=O) groups is 1. The van der Waals surface area contributed by atoms with E-state index in [2.05, 4.69) is 34.5 Å². The van der Waals surface area contributed by atoms with Gasteiger partial charge in [-0.1, -0.05) is 31.2 Å². The highest BCUT2D eigenvalue weighted by Gasteiger charge is 2.19. The third kappa shape index (κ3) is 6.71. The quantitative estimate of drug-likeness (QED) is 0.591. The van der Waals surface area contributed by atoms with Crippen LogP contribution in [0.15, 0.2) is 48.5 Å². The second-order valence-electron chi connectivity index (χ2n) is 8.26. The third-order valence-electron chi connectivity index (χ3n) is 5.73. The number of anilines is 1. The molecule has 32 heavy (non-hydrogen) atoms. The summed E-state index contributed by atoms with van der Waals surface area (Å²) in [6, 6.07) is 15.0. The average Bonchev–Trinajstić information content (AvgIpc) is 3.29. The Hall–Kier alpha value is -2.58. The highest BCUT2D eigenvalue weighted by atomic mass is 32.2. The predicted octanol–water partition coefficient (Wildman–Crippen LogP) is 3.15. The summed E-state index contributed by atoms with van der Waals surface area (Å²) < 4.78 is 30.3. The first-order valence-electron chi connectivity index (χ1n) is 11.0. The molecular formula is C24H33N3O4S. The van der Waals surface area contributed by atoms with Crippen molar-refractivity contribution >= 4 is 21.6 Å². The molecule has 0 aliphatic carbocycles. The van der Waals surface area contributed by atoms with E-state index < -0.39 is 16.1 Å². The van der Waals surface area contributed by atoms with Crippen molar-refractivity contribution in [3.05, 3.63) is 59.7 Å². The molecule has 1 N–H and O–H groups in total. The number of nitrogens with one attached hydrogen (secondary N) is 1. The van der Waals surface area contributed by atoms with Gasteiger partial charge in [0.1, 0.15) is 5.75 Å². The molecule has 0 bridgehead atoms. The highest BCUT2D eigenvalue weighted by molar-refractivity contribution is 7.92. The van der Waals surface area contributed by atoms with Crippen LogP contribution in [0.3, 0.4) is 0 Å². The molecule has 0 saturated carbocycles. The Labute approximate surface area is 191 Å². The van der Waals surface area contributed by atoms with E-state index in [0.717, 1.165) is 18.4 Å². The Bertz CT molecular complexity index is 985. The largest absolute Gasteiger partial charge is 0.481 e. The summed E-state index contributed by atoms with van der Waals surface area (Å²) in [7, 11) is -1.83. The van der Waals surface area contributed by atoms with E-state index in [4.69, 9.17) is 4.74 Å². The molecule has 2 aromatic rings. The van der Waals surface area contributed by atoms with Gasteiger partial charge in [0.15, 0.2) is 6.10 Å². The SMILES string of the molecule is CCC(Oc1ccc(N(C)S(C)(=O)=O)cc1)C(=O)NCc1ccc(CN2CCCC2)cc1. The maximum Gasteiger partial charge on any atom is 0.261 e. The molecule has 1 fully saturated rings. The maximum atomic E-state index is 12.6. The number of sulfonamides is 1. The molecule has 174 valence electrons. The van der Waals surface area contributed by atoms with Gasteiger partial charge in [-0.25, -0.2) is 8.42 Å². The van der Waals surface area contributed by atoms with Crippen molar-refractivity contribution in [3.8, 4) is 5.75 Å². The van der Waals surface area contributed by atoms with Crippen molar-refractivity contribution in [2.24, 2.45) is 0 Å². The molecule has 7 nitrogen and oxygen atoms in total. The summed E-state index contributed by atoms with van der Waals surface area (Å²) in [5.74, 6) is 0.342. The number of amides is 1. The standard InChI is InChI=1S/C24H33N3O4S/c1-4-23(31-22-13-11-21(12-14-22)26(2)32(3,29)30)24(28)25-17-19-7-9-20(10-8-19)18-27-15-5-6-16-27/h7-14,23H,4-6,15-18H2,1-3H3,(H,25,28). The van der Waals surface area contributed by atoms with Crippen LogP contribution in [0.25, 0.3) is 0 Å². The summed E-state index contributed by atoms with van der Waals surface area (Å²) in [4.78, 5) is 15.1. The number of hydrogen-bond donors (Lipinski definition) is 1. The molecule has 2 aromatic carbocycles. The lowest BCUT2D eigenvalue weighted by atomic mass is 10.1. The highest BCUT2D eigenvalue weighted by Crippen LogP contribution is 2.21. The summed E-state index contributed by atoms with van der Waals surface area (Å²) in [6.07, 6.45) is 3.61. The van der Waals surface area contributed by atoms with Gasteiger partial charge >= 0.3 is 0 Å². The molecular weight excluding hydrogens is 426 g/mol. The van der Waals surface area contributed by atoms with E-state index >= 15 is 0 Å². The van der Waals surface area contributed by atoms with Gasteiger partial charge in [-0.15, -0.1) is 0 Å². The van der Waals surface area contributed by atoms with Crippen molar-refractivity contribution in [2.75, 3.05) is 30.7 Å². The molecule has 1 saturated heterocycles. The Morgan fingerprint density at radius 3 is 2.22 bits per heavy atom. The number of hydrogen-bond acceptors (Lipinski definition) is 5. The minimum absolute atomic E-state index is 0.175. The van der Waals surface area contributed by atoms with Crippen LogP contribution in [0.5, 0.6) is 5.75 Å². The fraction of sp³-hybridized carbons (Fsp3) is 0.458. The van der Waals surface area contributed by atoms with Crippen LogP contribution >= 0.6 is 0 Å². The Morgan fingerprint density at radius 2 is 1.66 bits per heavy atom. The van der Waals surface area contributed by atoms with E-state index in [1.807, 2.05) is 6.92 Å². The normalized spacial score (nSPS) is 15.3. The number of benzene rings is 2. The minimum Gasteiger partial charge on any atom is -0.481 e. The molecule has 0 radical (unpaired) electrons. The molecule has 3 rings (SSSR count). The predicted molar refractivity (Wildman–Crippen MR) is 127 cm³/mol. The average molecular weight is 460 g/mol. The van der Waals surface area contributed by atoms with Crippen molar-refractivity contribution in [3.63, 3.8) is 0 Å². The molecule has 1 heterocycles. The van der Waals surface area contributed by atoms with Crippen LogP contribution in [0.1, 0.15) is 37.3 Å². The molecule has 1 aliphatic heterocycles. The monoisotopic (exact) mass is 459 g/mol. The van der Waals surface area contributed by atoms with E-state index in [1.54, 1.807) is 24.3 Å². The van der Waals surface area contributed by atoms with Crippen LogP contribution < -0.4 is 14.4 Å². The van der Waals surface area contributed by atoms with Crippen molar-refractivity contribution in [2.45, 2.75) is 45.4 Å². The smallest absolute Gasteiger partial charge is 0.261 e. The second-order valence-corrected chi connectivity index (χ2v) is 10.3. The lowest BCUT2D eigenvalue weighted by molar-refractivity contribution is -0.128. The topological polar surface area (TPSA) is 78.9 Å². The van der Waals surface area contributed by atoms with Gasteiger partial charge in [0.25, 0.3) is 5.91 Å². The zero-order chi connectivity index (χ0) is 23.1. The van der Waals surface area contributed by atoms with Crippen molar-refractivity contribution < 1.29 is 17.9 Å². The van der Waals surface area contributed by atoms with Crippen LogP contribution in [0.4, 0.5) is 5.69 Å². The lowest BCUT2D eigenvalue weighted by Crippen LogP contribution is -2.37. The third-order valence-corrected chi connectivity index (χ3v) is 6.94. The van der Waals surface area contributed by atoms with E-state index in [0.29, 0.717) is 24.4 Å². The number of carbonyl (C=O) groups excluding carboxylic acids is 1. The summed E-state index contributed by atoms with van der Waals surface area (Å²) in [5.41, 5.74) is 2.87. The van der Waals surface area contributed by atoms with Gasteiger partial charge in [-0.3, -0.25) is 14.0 Å². The van der Waals surface area contributed by atoms with Crippen LogP contribution in [0.2, 0.25) is 0 Å². The maximum absolute atomic E-state index is 12.6. The molecule has 1 atom stereocenters. The molecule has 0 aromatic heterocycles. The summed E-state index contributed by atoms with van der Waals surface area (Å²) in [5, 5.41) is 2.95.